The van der Waals surface area contributed by atoms with Crippen LogP contribution in [0, 0.1) is 0 Å². The average molecular weight is 608 g/mol. The number of hydrogen-bond acceptors (Lipinski definition) is 8. The molecule has 13 nitrogen and oxygen atoms in total. The monoisotopic (exact) mass is 607 g/mol. The lowest BCUT2D eigenvalue weighted by Gasteiger charge is -2.18. The van der Waals surface area contributed by atoms with Gasteiger partial charge >= 0.3 is 6.09 Å². The summed E-state index contributed by atoms with van der Waals surface area (Å²) in [4.78, 5) is 43.3. The first kappa shape index (κ1) is 27.6. The number of ether oxygens (including phenoxy) is 1. The van der Waals surface area contributed by atoms with Crippen molar-refractivity contribution in [1.82, 2.24) is 39.5 Å². The SMILES string of the molecule is COCCN(C(=O)O)c1ccc(-c2cnc([C@@H]3CCc4nc(-c5cc(Cl)ccc5-n5cc(Cl)nn5)cc(=O)n43)[nH]2)nc1. The number of aromatic amines is 1. The van der Waals surface area contributed by atoms with Crippen molar-refractivity contribution in [3.05, 3.63) is 87.2 Å². The summed E-state index contributed by atoms with van der Waals surface area (Å²) in [6.07, 6.45) is 4.78. The molecule has 0 spiro atoms. The summed E-state index contributed by atoms with van der Waals surface area (Å²) >= 11 is 12.3. The molecule has 0 saturated heterocycles. The van der Waals surface area contributed by atoms with Gasteiger partial charge in [-0.05, 0) is 36.8 Å². The quantitative estimate of drug-likeness (QED) is 0.263. The van der Waals surface area contributed by atoms with Gasteiger partial charge in [-0.1, -0.05) is 28.4 Å². The maximum atomic E-state index is 13.5. The van der Waals surface area contributed by atoms with Gasteiger partial charge in [-0.25, -0.2) is 19.4 Å². The highest BCUT2D eigenvalue weighted by Crippen LogP contribution is 2.33. The second-order valence-electron chi connectivity index (χ2n) is 9.48. The fraction of sp³-hybridized carbons (Fsp3) is 0.222. The number of rotatable bonds is 8. The second-order valence-corrected chi connectivity index (χ2v) is 10.3. The largest absolute Gasteiger partial charge is 0.465 e. The molecule has 15 heteroatoms. The topological polar surface area (TPSA) is 157 Å². The Morgan fingerprint density at radius 1 is 1.17 bits per heavy atom. The number of benzene rings is 1. The van der Waals surface area contributed by atoms with Crippen LogP contribution in [0.2, 0.25) is 10.2 Å². The summed E-state index contributed by atoms with van der Waals surface area (Å²) in [7, 11) is 1.51. The van der Waals surface area contributed by atoms with E-state index in [4.69, 9.17) is 32.9 Å². The number of anilines is 1. The van der Waals surface area contributed by atoms with Crippen LogP contribution in [0.15, 0.2) is 59.8 Å². The van der Waals surface area contributed by atoms with Crippen molar-refractivity contribution in [3.8, 4) is 28.3 Å². The van der Waals surface area contributed by atoms with E-state index in [2.05, 4.69) is 25.3 Å². The Morgan fingerprint density at radius 3 is 2.74 bits per heavy atom. The van der Waals surface area contributed by atoms with Gasteiger partial charge in [0.2, 0.25) is 0 Å². The van der Waals surface area contributed by atoms with Gasteiger partial charge in [0.15, 0.2) is 5.15 Å². The summed E-state index contributed by atoms with van der Waals surface area (Å²) in [5.41, 5.74) is 3.12. The predicted molar refractivity (Wildman–Crippen MR) is 154 cm³/mol. The summed E-state index contributed by atoms with van der Waals surface area (Å²) < 4.78 is 8.14. The van der Waals surface area contributed by atoms with Crippen LogP contribution in [0.4, 0.5) is 10.5 Å². The number of aryl methyl sites for hydroxylation is 1. The van der Waals surface area contributed by atoms with Crippen LogP contribution in [0.5, 0.6) is 0 Å². The Labute approximate surface area is 248 Å². The molecular weight excluding hydrogens is 585 g/mol. The van der Waals surface area contributed by atoms with Crippen LogP contribution < -0.4 is 10.5 Å². The first-order chi connectivity index (χ1) is 20.3. The molecular formula is C27H23Cl2N9O4. The van der Waals surface area contributed by atoms with Crippen molar-refractivity contribution in [2.75, 3.05) is 25.2 Å². The standard InChI is InChI=1S/C27H23Cl2N9O4/c1-42-9-8-36(27(40)41)16-3-4-18(30-12-16)20-13-31-26(33-20)22-6-7-24-32-19(11-25(39)38(22)24)17-10-15(28)2-5-21(17)37-14-23(29)34-35-37/h2-5,10-14,22H,6-9H2,1H3,(H,31,33)(H,40,41)/t22-/m0/s1. The molecule has 0 bridgehead atoms. The normalized spacial score (nSPS) is 14.2. The number of nitrogens with zero attached hydrogens (tertiary/aromatic N) is 8. The van der Waals surface area contributed by atoms with Crippen molar-refractivity contribution in [3.63, 3.8) is 0 Å². The minimum Gasteiger partial charge on any atom is -0.465 e. The number of H-pyrrole nitrogens is 1. The molecule has 5 aromatic rings. The summed E-state index contributed by atoms with van der Waals surface area (Å²) in [5.74, 6) is 1.22. The summed E-state index contributed by atoms with van der Waals surface area (Å²) in [5, 5.41) is 18.1. The molecule has 0 unspecified atom stereocenters. The van der Waals surface area contributed by atoms with Gasteiger partial charge in [0.25, 0.3) is 5.56 Å². The zero-order valence-corrected chi connectivity index (χ0v) is 23.6. The Hall–Kier alpha value is -4.59. The molecule has 42 heavy (non-hydrogen) atoms. The fourth-order valence-corrected chi connectivity index (χ4v) is 5.27. The average Bonchev–Trinajstić information content (AvgIpc) is 3.73. The first-order valence-corrected chi connectivity index (χ1v) is 13.6. The van der Waals surface area contributed by atoms with E-state index in [0.717, 1.165) is 4.90 Å². The van der Waals surface area contributed by atoms with E-state index in [9.17, 15) is 14.7 Å². The van der Waals surface area contributed by atoms with Gasteiger partial charge in [-0.15, -0.1) is 5.10 Å². The van der Waals surface area contributed by atoms with E-state index in [1.165, 1.54) is 24.1 Å². The summed E-state index contributed by atoms with van der Waals surface area (Å²) in [6.45, 7) is 0.438. The Bertz CT molecular complexity index is 1830. The predicted octanol–water partition coefficient (Wildman–Crippen LogP) is 4.25. The zero-order valence-electron chi connectivity index (χ0n) is 22.1. The molecule has 5 heterocycles. The van der Waals surface area contributed by atoms with E-state index >= 15 is 0 Å². The number of imidazole rings is 1. The molecule has 0 aliphatic carbocycles. The lowest BCUT2D eigenvalue weighted by molar-refractivity contribution is 0.186. The van der Waals surface area contributed by atoms with Crippen molar-refractivity contribution in [1.29, 1.82) is 0 Å². The smallest absolute Gasteiger partial charge is 0.411 e. The van der Waals surface area contributed by atoms with Gasteiger partial charge in [0.05, 0.1) is 66.2 Å². The van der Waals surface area contributed by atoms with Crippen LogP contribution in [-0.4, -0.2) is 71.0 Å². The maximum absolute atomic E-state index is 13.5. The second kappa shape index (κ2) is 11.4. The van der Waals surface area contributed by atoms with Crippen LogP contribution in [0.3, 0.4) is 0 Å². The first-order valence-electron chi connectivity index (χ1n) is 12.8. The molecule has 0 saturated carbocycles. The number of hydrogen-bond donors (Lipinski definition) is 2. The highest BCUT2D eigenvalue weighted by molar-refractivity contribution is 6.31. The van der Waals surface area contributed by atoms with Crippen molar-refractivity contribution < 1.29 is 14.6 Å². The van der Waals surface area contributed by atoms with E-state index < -0.39 is 6.09 Å². The molecule has 1 aliphatic rings. The number of nitrogens with one attached hydrogen (secondary N) is 1. The third-order valence-electron chi connectivity index (χ3n) is 6.92. The minimum atomic E-state index is -1.10. The van der Waals surface area contributed by atoms with Crippen LogP contribution in [0.25, 0.3) is 28.3 Å². The summed E-state index contributed by atoms with van der Waals surface area (Å²) in [6, 6.07) is 9.72. The number of carboxylic acid groups (broad SMARTS) is 1. The van der Waals surface area contributed by atoms with Crippen LogP contribution in [-0.2, 0) is 11.2 Å². The molecule has 214 valence electrons. The number of fused-ring (bicyclic) bond motifs is 1. The van der Waals surface area contributed by atoms with E-state index in [0.29, 0.717) is 63.5 Å². The van der Waals surface area contributed by atoms with Crippen molar-refractivity contribution >= 4 is 35.0 Å². The molecule has 1 aromatic carbocycles. The third kappa shape index (κ3) is 5.24. The number of carbonyl (C=O) groups is 1. The van der Waals surface area contributed by atoms with Crippen molar-refractivity contribution in [2.45, 2.75) is 18.9 Å². The highest BCUT2D eigenvalue weighted by Gasteiger charge is 2.29. The lowest BCUT2D eigenvalue weighted by atomic mass is 10.1. The maximum Gasteiger partial charge on any atom is 0.411 e. The minimum absolute atomic E-state index is 0.181. The van der Waals surface area contributed by atoms with E-state index in [1.54, 1.807) is 47.3 Å². The van der Waals surface area contributed by atoms with Gasteiger partial charge in [-0.3, -0.25) is 19.2 Å². The van der Waals surface area contributed by atoms with Crippen molar-refractivity contribution in [2.24, 2.45) is 0 Å². The molecule has 0 fully saturated rings. The van der Waals surface area contributed by atoms with Gasteiger partial charge in [-0.2, -0.15) is 0 Å². The number of amides is 1. The zero-order chi connectivity index (χ0) is 29.4. The van der Waals surface area contributed by atoms with Gasteiger partial charge in [0.1, 0.15) is 11.6 Å². The number of halogens is 2. The number of aromatic nitrogens is 8. The van der Waals surface area contributed by atoms with Crippen LogP contribution >= 0.6 is 23.2 Å². The Balaban J connectivity index is 1.28. The molecule has 4 aromatic heterocycles. The number of pyridine rings is 1. The van der Waals surface area contributed by atoms with Crippen LogP contribution in [0.1, 0.15) is 24.1 Å². The molecule has 2 N–H and O–H groups in total. The fourth-order valence-electron chi connectivity index (χ4n) is 4.97. The Kier molecular flexibility index (Phi) is 7.45. The van der Waals surface area contributed by atoms with E-state index in [-0.39, 0.29) is 29.9 Å². The molecule has 1 atom stereocenters. The van der Waals surface area contributed by atoms with Gasteiger partial charge in [0, 0.05) is 30.2 Å². The van der Waals surface area contributed by atoms with Gasteiger partial charge < -0.3 is 14.8 Å². The highest BCUT2D eigenvalue weighted by atomic mass is 35.5. The number of methoxy groups -OCH3 is 1. The third-order valence-corrected chi connectivity index (χ3v) is 7.33. The van der Waals surface area contributed by atoms with E-state index in [1.807, 2.05) is 0 Å². The Morgan fingerprint density at radius 2 is 2.02 bits per heavy atom. The molecule has 0 radical (unpaired) electrons. The molecule has 1 aliphatic heterocycles. The lowest BCUT2D eigenvalue weighted by Crippen LogP contribution is -2.32. The molecule has 6 rings (SSSR count). The molecule has 1 amide bonds.